The van der Waals surface area contributed by atoms with E-state index in [9.17, 15) is 0 Å². The highest BCUT2D eigenvalue weighted by Crippen LogP contribution is 2.38. The number of hydrogen-bond acceptors (Lipinski definition) is 3. The van der Waals surface area contributed by atoms with Gasteiger partial charge in [0.15, 0.2) is 11.5 Å². The number of benzene rings is 1. The van der Waals surface area contributed by atoms with Crippen molar-refractivity contribution in [1.82, 2.24) is 9.97 Å². The summed E-state index contributed by atoms with van der Waals surface area (Å²) in [5, 5.41) is 0. The van der Waals surface area contributed by atoms with E-state index < -0.39 is 0 Å². The molecular formula is C18H24N2O2. The molecule has 1 aromatic carbocycles. The van der Waals surface area contributed by atoms with E-state index in [1.54, 1.807) is 0 Å². The largest absolute Gasteiger partial charge is 0.454 e. The molecule has 2 heterocycles. The number of H-pyrrole nitrogens is 1. The summed E-state index contributed by atoms with van der Waals surface area (Å²) in [5.74, 6) is 2.46. The summed E-state index contributed by atoms with van der Waals surface area (Å²) in [6, 6.07) is 5.94. The minimum atomic E-state index is -0.00625. The van der Waals surface area contributed by atoms with Gasteiger partial charge in [0, 0.05) is 22.1 Å². The van der Waals surface area contributed by atoms with E-state index in [1.165, 1.54) is 5.69 Å². The first-order valence-electron chi connectivity index (χ1n) is 7.67. The molecule has 4 heteroatoms. The van der Waals surface area contributed by atoms with E-state index in [1.807, 2.05) is 18.2 Å². The van der Waals surface area contributed by atoms with Crippen LogP contribution in [-0.4, -0.2) is 16.8 Å². The van der Waals surface area contributed by atoms with Crippen molar-refractivity contribution in [1.29, 1.82) is 0 Å². The first-order valence-corrected chi connectivity index (χ1v) is 7.67. The zero-order valence-corrected chi connectivity index (χ0v) is 14.2. The van der Waals surface area contributed by atoms with Crippen LogP contribution in [0.5, 0.6) is 11.5 Å². The lowest BCUT2D eigenvalue weighted by atomic mass is 9.82. The lowest BCUT2D eigenvalue weighted by molar-refractivity contribution is 0.174. The molecule has 0 amide bonds. The molecule has 4 nitrogen and oxygen atoms in total. The summed E-state index contributed by atoms with van der Waals surface area (Å²) in [5.41, 5.74) is 3.34. The molecule has 0 fully saturated rings. The van der Waals surface area contributed by atoms with Crippen LogP contribution in [0.15, 0.2) is 18.2 Å². The van der Waals surface area contributed by atoms with E-state index in [0.717, 1.165) is 28.6 Å². The fourth-order valence-corrected chi connectivity index (χ4v) is 2.64. The minimum Gasteiger partial charge on any atom is -0.454 e. The molecule has 22 heavy (non-hydrogen) atoms. The normalized spacial score (nSPS) is 14.5. The van der Waals surface area contributed by atoms with Gasteiger partial charge in [-0.15, -0.1) is 0 Å². The van der Waals surface area contributed by atoms with Gasteiger partial charge in [0.2, 0.25) is 6.79 Å². The number of hydrogen-bond donors (Lipinski definition) is 1. The van der Waals surface area contributed by atoms with Crippen LogP contribution in [0.2, 0.25) is 0 Å². The highest BCUT2D eigenvalue weighted by atomic mass is 16.7. The van der Waals surface area contributed by atoms with Crippen LogP contribution >= 0.6 is 0 Å². The van der Waals surface area contributed by atoms with Gasteiger partial charge in [-0.25, -0.2) is 4.98 Å². The second kappa shape index (κ2) is 4.77. The Balaban J connectivity index is 2.11. The maximum absolute atomic E-state index is 5.47. The van der Waals surface area contributed by atoms with Crippen molar-refractivity contribution < 1.29 is 9.47 Å². The first kappa shape index (κ1) is 14.9. The predicted octanol–water partition coefficient (Wildman–Crippen LogP) is 4.40. The first-order chi connectivity index (χ1) is 10.2. The molecule has 0 aliphatic carbocycles. The number of aromatic amines is 1. The Kier molecular flexibility index (Phi) is 3.24. The third-order valence-corrected chi connectivity index (χ3v) is 3.81. The second-order valence-corrected chi connectivity index (χ2v) is 7.88. The number of rotatable bonds is 1. The van der Waals surface area contributed by atoms with Crippen LogP contribution in [0, 0.1) is 0 Å². The predicted molar refractivity (Wildman–Crippen MR) is 87.5 cm³/mol. The summed E-state index contributed by atoms with van der Waals surface area (Å²) < 4.78 is 10.8. The van der Waals surface area contributed by atoms with Crippen molar-refractivity contribution in [3.63, 3.8) is 0 Å². The molecule has 0 unspecified atom stereocenters. The standard InChI is InChI=1S/C18H24N2O2/c1-17(2,3)14-15(18(4,5)6)20-16(19-14)11-7-8-12-13(9-11)22-10-21-12/h7-9H,10H2,1-6H3,(H,19,20). The third kappa shape index (κ3) is 2.58. The Morgan fingerprint density at radius 2 is 1.64 bits per heavy atom. The van der Waals surface area contributed by atoms with Gasteiger partial charge in [-0.3, -0.25) is 0 Å². The lowest BCUT2D eigenvalue weighted by Crippen LogP contribution is -2.21. The maximum atomic E-state index is 5.47. The number of imidazole rings is 1. The van der Waals surface area contributed by atoms with Crippen LogP contribution in [0.1, 0.15) is 52.9 Å². The highest BCUT2D eigenvalue weighted by molar-refractivity contribution is 5.62. The monoisotopic (exact) mass is 300 g/mol. The van der Waals surface area contributed by atoms with Gasteiger partial charge in [0.25, 0.3) is 0 Å². The second-order valence-electron chi connectivity index (χ2n) is 7.88. The molecule has 118 valence electrons. The quantitative estimate of drug-likeness (QED) is 0.849. The Hall–Kier alpha value is -1.97. The Morgan fingerprint density at radius 1 is 0.955 bits per heavy atom. The number of fused-ring (bicyclic) bond motifs is 1. The smallest absolute Gasteiger partial charge is 0.231 e. The van der Waals surface area contributed by atoms with Crippen molar-refractivity contribution in [2.24, 2.45) is 0 Å². The van der Waals surface area contributed by atoms with E-state index in [-0.39, 0.29) is 17.6 Å². The van der Waals surface area contributed by atoms with E-state index in [4.69, 9.17) is 14.5 Å². The fraction of sp³-hybridized carbons (Fsp3) is 0.500. The zero-order chi connectivity index (χ0) is 16.1. The Bertz CT molecular complexity index is 671. The van der Waals surface area contributed by atoms with Gasteiger partial charge in [-0.2, -0.15) is 0 Å². The van der Waals surface area contributed by atoms with Crippen LogP contribution in [-0.2, 0) is 10.8 Å². The van der Waals surface area contributed by atoms with Crippen LogP contribution in [0.4, 0.5) is 0 Å². The molecule has 0 spiro atoms. The topological polar surface area (TPSA) is 47.1 Å². The van der Waals surface area contributed by atoms with Gasteiger partial charge in [-0.05, 0) is 18.2 Å². The zero-order valence-electron chi connectivity index (χ0n) is 14.2. The van der Waals surface area contributed by atoms with Crippen molar-refractivity contribution >= 4 is 0 Å². The molecule has 0 bridgehead atoms. The molecule has 0 saturated carbocycles. The Labute approximate surface area is 131 Å². The number of ether oxygens (including phenoxy) is 2. The summed E-state index contributed by atoms with van der Waals surface area (Å²) in [7, 11) is 0. The molecule has 1 N–H and O–H groups in total. The summed E-state index contributed by atoms with van der Waals surface area (Å²) >= 11 is 0. The SMILES string of the molecule is CC(C)(C)c1nc(-c2ccc3c(c2)OCO3)[nH]c1C(C)(C)C. The molecule has 0 radical (unpaired) electrons. The molecule has 2 aromatic rings. The Morgan fingerprint density at radius 3 is 2.23 bits per heavy atom. The van der Waals surface area contributed by atoms with Crippen molar-refractivity contribution in [3.05, 3.63) is 29.6 Å². The number of nitrogens with one attached hydrogen (secondary N) is 1. The van der Waals surface area contributed by atoms with Crippen molar-refractivity contribution in [2.75, 3.05) is 6.79 Å². The summed E-state index contributed by atoms with van der Waals surface area (Å²) in [4.78, 5) is 8.42. The fourth-order valence-electron chi connectivity index (χ4n) is 2.64. The summed E-state index contributed by atoms with van der Waals surface area (Å²) in [6.45, 7) is 13.5. The van der Waals surface area contributed by atoms with Crippen LogP contribution in [0.3, 0.4) is 0 Å². The van der Waals surface area contributed by atoms with E-state index >= 15 is 0 Å². The van der Waals surface area contributed by atoms with Gasteiger partial charge in [-0.1, -0.05) is 41.5 Å². The lowest BCUT2D eigenvalue weighted by Gasteiger charge is -2.24. The maximum Gasteiger partial charge on any atom is 0.231 e. The summed E-state index contributed by atoms with van der Waals surface area (Å²) in [6.07, 6.45) is 0. The van der Waals surface area contributed by atoms with Crippen molar-refractivity contribution in [2.45, 2.75) is 52.4 Å². The molecule has 1 aliphatic heterocycles. The van der Waals surface area contributed by atoms with Crippen LogP contribution in [0.25, 0.3) is 11.4 Å². The van der Waals surface area contributed by atoms with Gasteiger partial charge >= 0.3 is 0 Å². The van der Waals surface area contributed by atoms with Crippen LogP contribution < -0.4 is 9.47 Å². The number of aromatic nitrogens is 2. The highest BCUT2D eigenvalue weighted by Gasteiger charge is 2.29. The van der Waals surface area contributed by atoms with Crippen molar-refractivity contribution in [3.8, 4) is 22.9 Å². The van der Waals surface area contributed by atoms with Gasteiger partial charge < -0.3 is 14.5 Å². The van der Waals surface area contributed by atoms with Gasteiger partial charge in [0.1, 0.15) is 5.82 Å². The average Bonchev–Trinajstić information content (AvgIpc) is 3.03. The third-order valence-electron chi connectivity index (χ3n) is 3.81. The number of nitrogens with zero attached hydrogens (tertiary/aromatic N) is 1. The minimum absolute atomic E-state index is 0.00625. The molecule has 0 saturated heterocycles. The molecule has 0 atom stereocenters. The average molecular weight is 300 g/mol. The molecule has 3 rings (SSSR count). The molecular weight excluding hydrogens is 276 g/mol. The van der Waals surface area contributed by atoms with Gasteiger partial charge in [0.05, 0.1) is 5.69 Å². The molecule has 1 aromatic heterocycles. The molecule has 1 aliphatic rings. The van der Waals surface area contributed by atoms with E-state index in [0.29, 0.717) is 0 Å². The van der Waals surface area contributed by atoms with E-state index in [2.05, 4.69) is 46.5 Å².